The summed E-state index contributed by atoms with van der Waals surface area (Å²) < 4.78 is 9.12. The molecule has 3 nitrogen and oxygen atoms in total. The second-order valence-corrected chi connectivity index (χ2v) is 16.0. The van der Waals surface area contributed by atoms with E-state index in [-0.39, 0.29) is 0 Å². The van der Waals surface area contributed by atoms with Crippen molar-refractivity contribution in [3.05, 3.63) is 243 Å². The molecule has 0 aliphatic heterocycles. The molecule has 0 saturated heterocycles. The number of furan rings is 1. The number of hydrogen-bond donors (Lipinski definition) is 0. The van der Waals surface area contributed by atoms with E-state index >= 15 is 0 Å². The molecule has 0 bridgehead atoms. The van der Waals surface area contributed by atoms with Gasteiger partial charge in [-0.2, -0.15) is 0 Å². The van der Waals surface area contributed by atoms with Gasteiger partial charge in [0, 0.05) is 49.6 Å². The maximum absolute atomic E-state index is 6.75. The Hall–Kier alpha value is -8.40. The minimum atomic E-state index is 0.866. The molecule has 12 aromatic rings. The van der Waals surface area contributed by atoms with E-state index in [2.05, 4.69) is 252 Å². The normalized spacial score (nSPS) is 11.5. The quantitative estimate of drug-likeness (QED) is 0.153. The van der Waals surface area contributed by atoms with Crippen LogP contribution in [0.5, 0.6) is 0 Å². The Morgan fingerprint density at radius 1 is 0.317 bits per heavy atom. The molecule has 12 rings (SSSR count). The van der Waals surface area contributed by atoms with Crippen LogP contribution in [0, 0.1) is 0 Å². The highest BCUT2D eigenvalue weighted by atomic mass is 16.3. The first-order valence-corrected chi connectivity index (χ1v) is 21.5. The van der Waals surface area contributed by atoms with Crippen molar-refractivity contribution in [3.8, 4) is 50.2 Å². The lowest BCUT2D eigenvalue weighted by Crippen LogP contribution is -2.12. The number of fused-ring (bicyclic) bond motifs is 6. The van der Waals surface area contributed by atoms with Crippen LogP contribution in [0.25, 0.3) is 93.9 Å². The zero-order valence-electron chi connectivity index (χ0n) is 34.4. The third-order valence-corrected chi connectivity index (χ3v) is 12.4. The van der Waals surface area contributed by atoms with Gasteiger partial charge in [0.05, 0.1) is 22.4 Å². The SMILES string of the molecule is c1ccc(-c2ccccc2N(c2ccc(-c3ccc(-n4c5ccccc5c5ccccc54)cc3)cc2)c2ccccc2-c2cccc3oc4c(-c5ccccc5)cccc4c23)cc1. The molecule has 0 saturated carbocycles. The molecule has 0 radical (unpaired) electrons. The number of hydrogen-bond acceptors (Lipinski definition) is 2. The van der Waals surface area contributed by atoms with Gasteiger partial charge in [0.1, 0.15) is 11.2 Å². The van der Waals surface area contributed by atoms with Gasteiger partial charge >= 0.3 is 0 Å². The first-order valence-electron chi connectivity index (χ1n) is 21.5. The molecular formula is C60H40N2O. The largest absolute Gasteiger partial charge is 0.455 e. The molecule has 10 aromatic carbocycles. The van der Waals surface area contributed by atoms with Gasteiger partial charge in [-0.25, -0.2) is 0 Å². The first-order chi connectivity index (χ1) is 31.3. The van der Waals surface area contributed by atoms with E-state index in [9.17, 15) is 0 Å². The molecule has 2 heterocycles. The van der Waals surface area contributed by atoms with Gasteiger partial charge in [0.2, 0.25) is 0 Å². The molecule has 63 heavy (non-hydrogen) atoms. The van der Waals surface area contributed by atoms with Crippen LogP contribution in [0.15, 0.2) is 247 Å². The van der Waals surface area contributed by atoms with Crippen LogP contribution in [-0.2, 0) is 0 Å². The highest BCUT2D eigenvalue weighted by Gasteiger charge is 2.23. The van der Waals surface area contributed by atoms with Crippen molar-refractivity contribution in [1.82, 2.24) is 4.57 Å². The minimum Gasteiger partial charge on any atom is -0.455 e. The van der Waals surface area contributed by atoms with E-state index in [0.29, 0.717) is 0 Å². The van der Waals surface area contributed by atoms with Crippen molar-refractivity contribution in [2.24, 2.45) is 0 Å². The molecule has 0 atom stereocenters. The highest BCUT2D eigenvalue weighted by molar-refractivity contribution is 6.16. The van der Waals surface area contributed by atoms with E-state index < -0.39 is 0 Å². The van der Waals surface area contributed by atoms with Gasteiger partial charge in [0.25, 0.3) is 0 Å². The van der Waals surface area contributed by atoms with E-state index in [1.165, 1.54) is 21.8 Å². The van der Waals surface area contributed by atoms with Gasteiger partial charge < -0.3 is 13.9 Å². The Balaban J connectivity index is 0.993. The van der Waals surface area contributed by atoms with Gasteiger partial charge in [-0.05, 0) is 82.4 Å². The summed E-state index contributed by atoms with van der Waals surface area (Å²) in [4.78, 5) is 2.42. The summed E-state index contributed by atoms with van der Waals surface area (Å²) in [5, 5.41) is 4.73. The molecule has 296 valence electrons. The lowest BCUT2D eigenvalue weighted by Gasteiger charge is -2.30. The fraction of sp³-hybridized carbons (Fsp3) is 0. The van der Waals surface area contributed by atoms with E-state index in [4.69, 9.17) is 4.42 Å². The minimum absolute atomic E-state index is 0.866. The van der Waals surface area contributed by atoms with E-state index in [1.807, 2.05) is 0 Å². The fourth-order valence-corrected chi connectivity index (χ4v) is 9.56. The molecule has 0 fully saturated rings. The van der Waals surface area contributed by atoms with Crippen molar-refractivity contribution in [2.45, 2.75) is 0 Å². The number of nitrogens with zero attached hydrogens (tertiary/aromatic N) is 2. The summed E-state index contributed by atoms with van der Waals surface area (Å²) in [5.74, 6) is 0. The van der Waals surface area contributed by atoms with Crippen LogP contribution in [0.4, 0.5) is 17.1 Å². The van der Waals surface area contributed by atoms with Crippen LogP contribution in [0.1, 0.15) is 0 Å². The monoisotopic (exact) mass is 804 g/mol. The predicted molar refractivity (Wildman–Crippen MR) is 264 cm³/mol. The number of anilines is 3. The Labute approximate surface area is 366 Å². The molecule has 3 heteroatoms. The Morgan fingerprint density at radius 3 is 1.46 bits per heavy atom. The maximum Gasteiger partial charge on any atom is 0.143 e. The van der Waals surface area contributed by atoms with E-state index in [0.717, 1.165) is 89.2 Å². The molecule has 0 aliphatic carbocycles. The summed E-state index contributed by atoms with van der Waals surface area (Å²) >= 11 is 0. The summed E-state index contributed by atoms with van der Waals surface area (Å²) in [6.45, 7) is 0. The van der Waals surface area contributed by atoms with Crippen LogP contribution < -0.4 is 4.90 Å². The van der Waals surface area contributed by atoms with Gasteiger partial charge in [0.15, 0.2) is 0 Å². The second kappa shape index (κ2) is 15.3. The Kier molecular flexibility index (Phi) is 8.83. The van der Waals surface area contributed by atoms with Crippen LogP contribution in [0.2, 0.25) is 0 Å². The van der Waals surface area contributed by atoms with Gasteiger partial charge in [-0.1, -0.05) is 188 Å². The second-order valence-electron chi connectivity index (χ2n) is 16.0. The van der Waals surface area contributed by atoms with Crippen molar-refractivity contribution in [3.63, 3.8) is 0 Å². The van der Waals surface area contributed by atoms with Crippen molar-refractivity contribution < 1.29 is 4.42 Å². The summed E-state index contributed by atoms with van der Waals surface area (Å²) in [5.41, 5.74) is 17.6. The summed E-state index contributed by atoms with van der Waals surface area (Å²) in [7, 11) is 0. The first kappa shape index (κ1) is 36.5. The standard InChI is InChI=1S/C60H40N2O/c1-3-17-43(18-4-1)47-21-7-11-28-54(47)61(45-37-33-41(34-38-45)42-35-39-46(40-36-42)62-55-29-12-8-22-49(55)50-23-9-13-30-56(50)62)57-31-14-10-24-51(57)52-26-16-32-58-59(52)53-27-15-25-48(60(53)63-58)44-19-5-2-6-20-44/h1-40H. The number of rotatable bonds is 8. The molecule has 2 aromatic heterocycles. The molecule has 0 spiro atoms. The van der Waals surface area contributed by atoms with E-state index in [1.54, 1.807) is 0 Å². The molecule has 0 unspecified atom stereocenters. The van der Waals surface area contributed by atoms with Crippen LogP contribution >= 0.6 is 0 Å². The number of benzene rings is 10. The van der Waals surface area contributed by atoms with Crippen molar-refractivity contribution in [2.75, 3.05) is 4.90 Å². The Bertz CT molecular complexity index is 3550. The average Bonchev–Trinajstić information content (AvgIpc) is 3.92. The molecule has 0 aliphatic rings. The topological polar surface area (TPSA) is 21.3 Å². The molecular weight excluding hydrogens is 765 g/mol. The van der Waals surface area contributed by atoms with Crippen LogP contribution in [0.3, 0.4) is 0 Å². The predicted octanol–water partition coefficient (Wildman–Crippen LogP) is 16.8. The Morgan fingerprint density at radius 2 is 0.794 bits per heavy atom. The average molecular weight is 805 g/mol. The van der Waals surface area contributed by atoms with Gasteiger partial charge in [-0.3, -0.25) is 0 Å². The van der Waals surface area contributed by atoms with Crippen molar-refractivity contribution in [1.29, 1.82) is 0 Å². The summed E-state index contributed by atoms with van der Waals surface area (Å²) in [6.07, 6.45) is 0. The third-order valence-electron chi connectivity index (χ3n) is 12.4. The fourth-order valence-electron chi connectivity index (χ4n) is 9.56. The van der Waals surface area contributed by atoms with Crippen molar-refractivity contribution >= 4 is 60.8 Å². The zero-order chi connectivity index (χ0) is 41.7. The maximum atomic E-state index is 6.75. The third kappa shape index (κ3) is 6.21. The molecule has 0 amide bonds. The molecule has 0 N–H and O–H groups in total. The lowest BCUT2D eigenvalue weighted by molar-refractivity contribution is 0.670. The zero-order valence-corrected chi connectivity index (χ0v) is 34.4. The van der Waals surface area contributed by atoms with Crippen LogP contribution in [-0.4, -0.2) is 4.57 Å². The highest BCUT2D eigenvalue weighted by Crippen LogP contribution is 2.48. The van der Waals surface area contributed by atoms with Gasteiger partial charge in [-0.15, -0.1) is 0 Å². The number of para-hydroxylation sites is 5. The smallest absolute Gasteiger partial charge is 0.143 e. The lowest BCUT2D eigenvalue weighted by atomic mass is 9.95. The number of aromatic nitrogens is 1. The summed E-state index contributed by atoms with van der Waals surface area (Å²) in [6, 6.07) is 86.9.